The summed E-state index contributed by atoms with van der Waals surface area (Å²) in [5.74, 6) is 0. The van der Waals surface area contributed by atoms with Gasteiger partial charge < -0.3 is 5.11 Å². The number of rotatable bonds is 6. The van der Waals surface area contributed by atoms with Crippen LogP contribution in [-0.4, -0.2) is 63.5 Å². The van der Waals surface area contributed by atoms with Gasteiger partial charge in [0.2, 0.25) is 0 Å². The average molecular weight is 371 g/mol. The molecule has 1 N–H and O–H groups in total. The van der Waals surface area contributed by atoms with E-state index in [9.17, 15) is 5.11 Å². The van der Waals surface area contributed by atoms with Gasteiger partial charge in [0.15, 0.2) is 0 Å². The summed E-state index contributed by atoms with van der Waals surface area (Å²) in [7, 11) is 0. The quantitative estimate of drug-likeness (QED) is 0.849. The normalized spacial score (nSPS) is 19.5. The van der Waals surface area contributed by atoms with E-state index in [4.69, 9.17) is 0 Å². The summed E-state index contributed by atoms with van der Waals surface area (Å²) in [6, 6.07) is 8.87. The number of aryl methyl sites for hydroxylation is 1. The third-order valence-electron chi connectivity index (χ3n) is 5.17. The molecule has 1 aromatic heterocycles. The van der Waals surface area contributed by atoms with Crippen molar-refractivity contribution in [3.8, 4) is 5.69 Å². The molecule has 1 unspecified atom stereocenters. The summed E-state index contributed by atoms with van der Waals surface area (Å²) in [4.78, 5) is 5.05. The van der Waals surface area contributed by atoms with Crippen molar-refractivity contribution < 1.29 is 5.11 Å². The van der Waals surface area contributed by atoms with Crippen molar-refractivity contribution in [3.05, 3.63) is 47.8 Å². The second-order valence-electron chi connectivity index (χ2n) is 9.06. The topological polar surface area (TPSA) is 44.5 Å². The minimum atomic E-state index is 0.254. The maximum Gasteiger partial charge on any atom is 0.0645 e. The van der Waals surface area contributed by atoms with E-state index in [1.807, 2.05) is 10.9 Å². The van der Waals surface area contributed by atoms with Gasteiger partial charge in [0.05, 0.1) is 11.9 Å². The molecule has 0 amide bonds. The number of aliphatic hydroxyl groups is 1. The number of benzene rings is 1. The highest BCUT2D eigenvalue weighted by molar-refractivity contribution is 5.34. The first-order valence-electron chi connectivity index (χ1n) is 10.0. The molecule has 1 atom stereocenters. The lowest BCUT2D eigenvalue weighted by Gasteiger charge is -2.43. The van der Waals surface area contributed by atoms with Crippen molar-refractivity contribution in [1.82, 2.24) is 19.6 Å². The third-order valence-corrected chi connectivity index (χ3v) is 5.17. The van der Waals surface area contributed by atoms with Gasteiger partial charge in [0.1, 0.15) is 0 Å². The summed E-state index contributed by atoms with van der Waals surface area (Å²) in [5, 5.41) is 14.0. The second kappa shape index (κ2) is 8.55. The van der Waals surface area contributed by atoms with E-state index in [0.717, 1.165) is 44.8 Å². The zero-order valence-electron chi connectivity index (χ0n) is 17.2. The van der Waals surface area contributed by atoms with Gasteiger partial charge in [-0.2, -0.15) is 5.10 Å². The van der Waals surface area contributed by atoms with E-state index in [-0.39, 0.29) is 12.0 Å². The monoisotopic (exact) mass is 370 g/mol. The van der Waals surface area contributed by atoms with Gasteiger partial charge in [-0.15, -0.1) is 0 Å². The molecule has 5 nitrogen and oxygen atoms in total. The Hall–Kier alpha value is -1.69. The van der Waals surface area contributed by atoms with Crippen molar-refractivity contribution in [2.45, 2.75) is 46.7 Å². The molecule has 3 rings (SSSR count). The zero-order chi connectivity index (χ0) is 19.4. The van der Waals surface area contributed by atoms with E-state index in [0.29, 0.717) is 6.04 Å². The molecule has 2 aromatic rings. The maximum absolute atomic E-state index is 9.50. The fraction of sp³-hybridized carbons (Fsp3) is 0.591. The highest BCUT2D eigenvalue weighted by Gasteiger charge is 2.29. The molecule has 0 saturated carbocycles. The first-order chi connectivity index (χ1) is 12.8. The van der Waals surface area contributed by atoms with Crippen molar-refractivity contribution in [1.29, 1.82) is 0 Å². The molecule has 1 aliphatic rings. The fourth-order valence-electron chi connectivity index (χ4n) is 3.88. The molecule has 5 heteroatoms. The van der Waals surface area contributed by atoms with Crippen LogP contribution in [-0.2, 0) is 6.54 Å². The molecule has 1 aliphatic heterocycles. The lowest BCUT2D eigenvalue weighted by Crippen LogP contribution is -2.54. The van der Waals surface area contributed by atoms with E-state index in [2.05, 4.69) is 73.1 Å². The number of hydrogen-bond donors (Lipinski definition) is 1. The maximum atomic E-state index is 9.50. The van der Waals surface area contributed by atoms with Crippen molar-refractivity contribution in [2.75, 3.05) is 32.8 Å². The van der Waals surface area contributed by atoms with Crippen LogP contribution in [0.2, 0.25) is 0 Å². The van der Waals surface area contributed by atoms with Crippen LogP contribution in [0.4, 0.5) is 0 Å². The highest BCUT2D eigenvalue weighted by Crippen LogP contribution is 2.22. The third kappa shape index (κ3) is 5.64. The Morgan fingerprint density at radius 2 is 1.89 bits per heavy atom. The molecule has 0 bridgehead atoms. The summed E-state index contributed by atoms with van der Waals surface area (Å²) in [6.45, 7) is 14.3. The van der Waals surface area contributed by atoms with Crippen LogP contribution in [0.25, 0.3) is 5.69 Å². The smallest absolute Gasteiger partial charge is 0.0645 e. The standard InChI is InChI=1S/C22H34N4O/c1-18-5-7-20(8-6-18)26-15-19(13-23-26)14-24-10-11-25(17-22(2,3)4)21(16-24)9-12-27/h5-8,13,15,21,27H,9-12,14,16-17H2,1-4H3. The minimum absolute atomic E-state index is 0.254. The van der Waals surface area contributed by atoms with Gasteiger partial charge in [-0.05, 0) is 30.9 Å². The fourth-order valence-corrected chi connectivity index (χ4v) is 3.88. The Balaban J connectivity index is 1.62. The predicted octanol–water partition coefficient (Wildman–Crippen LogP) is 3.10. The SMILES string of the molecule is Cc1ccc(-n2cc(CN3CCN(CC(C)(C)C)C(CCO)C3)cn2)cc1. The summed E-state index contributed by atoms with van der Waals surface area (Å²) in [6.07, 6.45) is 4.95. The van der Waals surface area contributed by atoms with Gasteiger partial charge in [-0.3, -0.25) is 9.80 Å². The van der Waals surface area contributed by atoms with Gasteiger partial charge in [-0.25, -0.2) is 4.68 Å². The first kappa shape index (κ1) is 20.1. The van der Waals surface area contributed by atoms with Crippen LogP contribution in [0.5, 0.6) is 0 Å². The van der Waals surface area contributed by atoms with Crippen molar-refractivity contribution in [3.63, 3.8) is 0 Å². The molecule has 1 fully saturated rings. The van der Waals surface area contributed by atoms with E-state index >= 15 is 0 Å². The number of aliphatic hydroxyl groups excluding tert-OH is 1. The van der Waals surface area contributed by atoms with Crippen molar-refractivity contribution >= 4 is 0 Å². The molecular weight excluding hydrogens is 336 g/mol. The molecule has 1 aromatic carbocycles. The van der Waals surface area contributed by atoms with Gasteiger partial charge in [0, 0.05) is 57.1 Å². The lowest BCUT2D eigenvalue weighted by atomic mass is 9.94. The van der Waals surface area contributed by atoms with Crippen LogP contribution in [0.1, 0.15) is 38.3 Å². The molecule has 0 radical (unpaired) electrons. The number of nitrogens with zero attached hydrogens (tertiary/aromatic N) is 4. The number of hydrogen-bond acceptors (Lipinski definition) is 4. The Kier molecular flexibility index (Phi) is 6.35. The molecule has 148 valence electrons. The Morgan fingerprint density at radius 3 is 2.56 bits per heavy atom. The second-order valence-corrected chi connectivity index (χ2v) is 9.06. The number of piperazine rings is 1. The molecule has 1 saturated heterocycles. The lowest BCUT2D eigenvalue weighted by molar-refractivity contribution is 0.0340. The first-order valence-corrected chi connectivity index (χ1v) is 10.0. The Labute approximate surface area is 163 Å². The van der Waals surface area contributed by atoms with Gasteiger partial charge in [-0.1, -0.05) is 38.5 Å². The zero-order valence-corrected chi connectivity index (χ0v) is 17.2. The van der Waals surface area contributed by atoms with E-state index < -0.39 is 0 Å². The molecule has 2 heterocycles. The van der Waals surface area contributed by atoms with E-state index in [1.54, 1.807) is 0 Å². The Morgan fingerprint density at radius 1 is 1.15 bits per heavy atom. The number of aromatic nitrogens is 2. The van der Waals surface area contributed by atoms with Crippen LogP contribution >= 0.6 is 0 Å². The summed E-state index contributed by atoms with van der Waals surface area (Å²) >= 11 is 0. The summed E-state index contributed by atoms with van der Waals surface area (Å²) in [5.41, 5.74) is 3.88. The highest BCUT2D eigenvalue weighted by atomic mass is 16.3. The molecule has 27 heavy (non-hydrogen) atoms. The molecule has 0 spiro atoms. The minimum Gasteiger partial charge on any atom is -0.396 e. The van der Waals surface area contributed by atoms with Crippen molar-refractivity contribution in [2.24, 2.45) is 5.41 Å². The largest absolute Gasteiger partial charge is 0.396 e. The van der Waals surface area contributed by atoms with Crippen LogP contribution in [0.15, 0.2) is 36.7 Å². The van der Waals surface area contributed by atoms with Crippen LogP contribution < -0.4 is 0 Å². The Bertz CT molecular complexity index is 717. The van der Waals surface area contributed by atoms with Gasteiger partial charge in [0.25, 0.3) is 0 Å². The van der Waals surface area contributed by atoms with Crippen LogP contribution in [0, 0.1) is 12.3 Å². The summed E-state index contributed by atoms with van der Waals surface area (Å²) < 4.78 is 1.95. The predicted molar refractivity (Wildman–Crippen MR) is 110 cm³/mol. The molecule has 0 aliphatic carbocycles. The van der Waals surface area contributed by atoms with Gasteiger partial charge >= 0.3 is 0 Å². The molecular formula is C22H34N4O. The van der Waals surface area contributed by atoms with E-state index in [1.165, 1.54) is 11.1 Å². The average Bonchev–Trinajstić information content (AvgIpc) is 3.05. The van der Waals surface area contributed by atoms with Crippen LogP contribution in [0.3, 0.4) is 0 Å².